The van der Waals surface area contributed by atoms with Crippen LogP contribution < -0.4 is 0 Å². The Labute approximate surface area is 268 Å². The van der Waals surface area contributed by atoms with Gasteiger partial charge in [0.2, 0.25) is 0 Å². The number of benzene rings is 5. The third kappa shape index (κ3) is 6.29. The van der Waals surface area contributed by atoms with Crippen molar-refractivity contribution in [3.63, 3.8) is 0 Å². The second-order valence-electron chi connectivity index (χ2n) is 12.9. The molecule has 0 N–H and O–H groups in total. The van der Waals surface area contributed by atoms with E-state index < -0.39 is 0 Å². The largest absolute Gasteiger partial charge is 0.294 e. The van der Waals surface area contributed by atoms with Crippen LogP contribution in [-0.2, 0) is 12.8 Å². The fourth-order valence-corrected chi connectivity index (χ4v) is 7.27. The Morgan fingerprint density at radius 3 is 1.69 bits per heavy atom. The van der Waals surface area contributed by atoms with Crippen LogP contribution in [0.5, 0.6) is 0 Å². The van der Waals surface area contributed by atoms with E-state index in [9.17, 15) is 9.59 Å². The predicted octanol–water partition coefficient (Wildman–Crippen LogP) is 11.3. The van der Waals surface area contributed by atoms with Gasteiger partial charge >= 0.3 is 0 Å². The molecule has 2 aliphatic carbocycles. The summed E-state index contributed by atoms with van der Waals surface area (Å²) in [6, 6.07) is 35.9. The van der Waals surface area contributed by atoms with Crippen LogP contribution in [0, 0.1) is 18.8 Å². The summed E-state index contributed by atoms with van der Waals surface area (Å²) in [5.41, 5.74) is 10.2. The van der Waals surface area contributed by atoms with Gasteiger partial charge in [0, 0.05) is 23.0 Å². The van der Waals surface area contributed by atoms with E-state index in [0.717, 1.165) is 79.2 Å². The van der Waals surface area contributed by atoms with Gasteiger partial charge in [-0.2, -0.15) is 0 Å². The summed E-state index contributed by atoms with van der Waals surface area (Å²) in [4.78, 5) is 25.8. The number of carbonyl (C=O) groups excluding carboxylic acids is 2. The first-order valence-corrected chi connectivity index (χ1v) is 16.9. The van der Waals surface area contributed by atoms with Crippen LogP contribution in [0.15, 0.2) is 103 Å². The normalized spacial score (nSPS) is 16.8. The lowest BCUT2D eigenvalue weighted by atomic mass is 9.91. The van der Waals surface area contributed by atoms with E-state index in [2.05, 4.69) is 124 Å². The van der Waals surface area contributed by atoms with Gasteiger partial charge in [-0.3, -0.25) is 9.59 Å². The fraction of sp³-hybridized carbons (Fsp3) is 0.302. The summed E-state index contributed by atoms with van der Waals surface area (Å²) >= 11 is 0. The van der Waals surface area contributed by atoms with Crippen molar-refractivity contribution in [1.82, 2.24) is 0 Å². The van der Waals surface area contributed by atoms with Gasteiger partial charge in [-0.1, -0.05) is 148 Å². The van der Waals surface area contributed by atoms with Gasteiger partial charge in [0.05, 0.1) is 0 Å². The molecule has 0 amide bonds. The number of carbonyl (C=O) groups is 2. The Morgan fingerprint density at radius 2 is 1.07 bits per heavy atom. The van der Waals surface area contributed by atoms with E-state index in [-0.39, 0.29) is 11.8 Å². The summed E-state index contributed by atoms with van der Waals surface area (Å²) in [6.45, 7) is 6.46. The second-order valence-corrected chi connectivity index (χ2v) is 12.9. The lowest BCUT2D eigenvalue weighted by Gasteiger charge is -2.11. The van der Waals surface area contributed by atoms with Crippen LogP contribution >= 0.6 is 0 Å². The van der Waals surface area contributed by atoms with E-state index in [1.165, 1.54) is 33.0 Å². The molecule has 2 heteroatoms. The highest BCUT2D eigenvalue weighted by molar-refractivity contribution is 6.10. The molecular formula is C43H44O2. The maximum Gasteiger partial charge on any atom is 0.167 e. The summed E-state index contributed by atoms with van der Waals surface area (Å²) in [7, 11) is 0. The summed E-state index contributed by atoms with van der Waals surface area (Å²) in [6.07, 6.45) is 8.45. The molecular weight excluding hydrogens is 548 g/mol. The molecule has 0 saturated heterocycles. The second kappa shape index (κ2) is 13.8. The number of rotatable bonds is 8. The molecule has 2 atom stereocenters. The molecule has 0 heterocycles. The Bertz CT molecular complexity index is 1820. The lowest BCUT2D eigenvalue weighted by Crippen LogP contribution is -2.09. The standard InChI is InChI=1S/C23H22O.C20H22O/c1-2-3-8-18-15-17-11-7-14-21(22(17)23(18)24)20-13-6-10-16-9-4-5-12-19(16)20;1-3-4-6-17-13-16-7-5-8-18(19(16)20(17)21)15-11-9-14(2)10-12-15/h4-7,9-14,18H,2-3,8,15H2,1H3;5,7-12,17H,3-4,6,13H2,1-2H3. The van der Waals surface area contributed by atoms with Crippen LogP contribution in [-0.4, -0.2) is 11.6 Å². The average molecular weight is 593 g/mol. The van der Waals surface area contributed by atoms with Gasteiger partial charge < -0.3 is 0 Å². The Kier molecular flexibility index (Phi) is 9.40. The minimum atomic E-state index is 0.177. The van der Waals surface area contributed by atoms with E-state index >= 15 is 0 Å². The highest BCUT2D eigenvalue weighted by Gasteiger charge is 2.33. The molecule has 228 valence electrons. The van der Waals surface area contributed by atoms with Gasteiger partial charge in [0.15, 0.2) is 11.6 Å². The topological polar surface area (TPSA) is 34.1 Å². The Balaban J connectivity index is 0.000000160. The van der Waals surface area contributed by atoms with Gasteiger partial charge in [-0.25, -0.2) is 0 Å². The summed E-state index contributed by atoms with van der Waals surface area (Å²) < 4.78 is 0. The van der Waals surface area contributed by atoms with Crippen molar-refractivity contribution in [2.45, 2.75) is 72.1 Å². The molecule has 2 nitrogen and oxygen atoms in total. The maximum atomic E-state index is 13.0. The molecule has 5 aromatic rings. The number of ketones is 2. The Hall–Kier alpha value is -4.30. The number of hydrogen-bond donors (Lipinski definition) is 0. The van der Waals surface area contributed by atoms with Gasteiger partial charge in [0.25, 0.3) is 0 Å². The lowest BCUT2D eigenvalue weighted by molar-refractivity contribution is 0.0922. The average Bonchev–Trinajstić information content (AvgIpc) is 3.58. The summed E-state index contributed by atoms with van der Waals surface area (Å²) in [5.74, 6) is 1.08. The smallest absolute Gasteiger partial charge is 0.167 e. The van der Waals surface area contributed by atoms with Gasteiger partial charge in [0.1, 0.15) is 0 Å². The first-order chi connectivity index (χ1) is 22.0. The molecule has 0 radical (unpaired) electrons. The van der Waals surface area contributed by atoms with Crippen LogP contribution in [0.3, 0.4) is 0 Å². The van der Waals surface area contributed by atoms with E-state index in [1.54, 1.807) is 0 Å². The van der Waals surface area contributed by atoms with Crippen molar-refractivity contribution in [1.29, 1.82) is 0 Å². The number of Topliss-reactive ketones (excluding diaryl/α,β-unsaturated/α-hetero) is 2. The third-order valence-electron chi connectivity index (χ3n) is 9.72. The fourth-order valence-electron chi connectivity index (χ4n) is 7.27. The quantitative estimate of drug-likeness (QED) is 0.180. The molecule has 0 aromatic heterocycles. The number of aryl methyl sites for hydroxylation is 1. The molecule has 0 aliphatic heterocycles. The van der Waals surface area contributed by atoms with Crippen molar-refractivity contribution in [2.24, 2.45) is 11.8 Å². The van der Waals surface area contributed by atoms with E-state index in [0.29, 0.717) is 11.6 Å². The maximum absolute atomic E-state index is 13.0. The van der Waals surface area contributed by atoms with Crippen LogP contribution in [0.4, 0.5) is 0 Å². The minimum Gasteiger partial charge on any atom is -0.294 e. The molecule has 0 bridgehead atoms. The van der Waals surface area contributed by atoms with Gasteiger partial charge in [-0.15, -0.1) is 0 Å². The van der Waals surface area contributed by atoms with Crippen LogP contribution in [0.25, 0.3) is 33.0 Å². The zero-order chi connectivity index (χ0) is 31.3. The molecule has 2 aliphatic rings. The van der Waals surface area contributed by atoms with Crippen LogP contribution in [0.1, 0.15) is 89.8 Å². The van der Waals surface area contributed by atoms with Crippen molar-refractivity contribution in [2.75, 3.05) is 0 Å². The minimum absolute atomic E-state index is 0.177. The zero-order valence-electron chi connectivity index (χ0n) is 26.9. The van der Waals surface area contributed by atoms with Crippen molar-refractivity contribution in [3.05, 3.63) is 131 Å². The molecule has 7 rings (SSSR count). The number of hydrogen-bond acceptors (Lipinski definition) is 2. The monoisotopic (exact) mass is 592 g/mol. The molecule has 2 unspecified atom stereocenters. The predicted molar refractivity (Wildman–Crippen MR) is 188 cm³/mol. The van der Waals surface area contributed by atoms with Crippen molar-refractivity contribution in [3.8, 4) is 22.3 Å². The molecule has 0 fully saturated rings. The van der Waals surface area contributed by atoms with Gasteiger partial charge in [-0.05, 0) is 76.8 Å². The molecule has 45 heavy (non-hydrogen) atoms. The SMILES string of the molecule is CCCCC1Cc2cccc(-c3ccc(C)cc3)c2C1=O.CCCCC1Cc2cccc(-c3cccc4ccccc34)c2C1=O. The molecule has 0 spiro atoms. The number of fused-ring (bicyclic) bond motifs is 3. The zero-order valence-corrected chi connectivity index (χ0v) is 26.9. The van der Waals surface area contributed by atoms with Crippen LogP contribution in [0.2, 0.25) is 0 Å². The molecule has 0 saturated carbocycles. The highest BCUT2D eigenvalue weighted by Crippen LogP contribution is 2.39. The van der Waals surface area contributed by atoms with Crippen molar-refractivity contribution >= 4 is 22.3 Å². The Morgan fingerprint density at radius 1 is 0.556 bits per heavy atom. The van der Waals surface area contributed by atoms with E-state index in [1.807, 2.05) is 0 Å². The number of unbranched alkanes of at least 4 members (excludes halogenated alkanes) is 2. The van der Waals surface area contributed by atoms with Crippen molar-refractivity contribution < 1.29 is 9.59 Å². The molecule has 5 aromatic carbocycles. The summed E-state index contributed by atoms with van der Waals surface area (Å²) in [5, 5.41) is 2.44. The van der Waals surface area contributed by atoms with E-state index in [4.69, 9.17) is 0 Å². The first kappa shape index (κ1) is 30.7. The first-order valence-electron chi connectivity index (χ1n) is 16.9. The highest BCUT2D eigenvalue weighted by atomic mass is 16.1. The third-order valence-corrected chi connectivity index (χ3v) is 9.72.